The third kappa shape index (κ3) is 3.52. The number of nitrogens with zero attached hydrogens (tertiary/aromatic N) is 4. The fourth-order valence-corrected chi connectivity index (χ4v) is 2.92. The molecule has 1 aromatic carbocycles. The van der Waals surface area contributed by atoms with Crippen LogP contribution in [0.4, 0.5) is 5.69 Å². The van der Waals surface area contributed by atoms with E-state index in [0.29, 0.717) is 25.1 Å². The minimum Gasteiger partial charge on any atom is -0.312 e. The molecule has 1 N–H and O–H groups in total. The number of amides is 1. The smallest absolute Gasteiger partial charge is 0.225 e. The Bertz CT molecular complexity index is 899. The van der Waals surface area contributed by atoms with Crippen LogP contribution < -0.4 is 5.32 Å². The van der Waals surface area contributed by atoms with E-state index in [4.69, 9.17) is 0 Å². The monoisotopic (exact) mass is 331 g/mol. The highest BCUT2D eigenvalue weighted by Crippen LogP contribution is 2.27. The van der Waals surface area contributed by atoms with Gasteiger partial charge in [0.2, 0.25) is 5.91 Å². The predicted molar refractivity (Wildman–Crippen MR) is 97.4 cm³/mol. The molecule has 0 aliphatic carbocycles. The van der Waals surface area contributed by atoms with Crippen molar-refractivity contribution in [3.63, 3.8) is 0 Å². The second-order valence-electron chi connectivity index (χ2n) is 6.02. The number of carbonyl (C=O) groups excluding carboxylic acids is 1. The van der Waals surface area contributed by atoms with Crippen LogP contribution in [0.3, 0.4) is 0 Å². The van der Waals surface area contributed by atoms with Gasteiger partial charge in [-0.3, -0.25) is 14.8 Å². The Morgan fingerprint density at radius 3 is 2.76 bits per heavy atom. The normalized spacial score (nSPS) is 15.3. The Morgan fingerprint density at radius 2 is 1.92 bits per heavy atom. The summed E-state index contributed by atoms with van der Waals surface area (Å²) in [6, 6.07) is 13.7. The molecule has 124 valence electrons. The number of fused-ring (bicyclic) bond motifs is 1. The van der Waals surface area contributed by atoms with E-state index in [0.717, 1.165) is 29.2 Å². The van der Waals surface area contributed by atoms with E-state index in [1.54, 1.807) is 6.20 Å². The third-order valence-corrected chi connectivity index (χ3v) is 4.18. The third-order valence-electron chi connectivity index (χ3n) is 4.18. The van der Waals surface area contributed by atoms with Crippen molar-refractivity contribution in [2.45, 2.75) is 25.7 Å². The first-order valence-corrected chi connectivity index (χ1v) is 8.27. The summed E-state index contributed by atoms with van der Waals surface area (Å²) in [6.45, 7) is 0. The van der Waals surface area contributed by atoms with Gasteiger partial charge in [0, 0.05) is 24.8 Å². The molecule has 1 aromatic heterocycles. The van der Waals surface area contributed by atoms with Gasteiger partial charge in [-0.25, -0.2) is 0 Å². The van der Waals surface area contributed by atoms with E-state index < -0.39 is 0 Å². The molecule has 0 spiro atoms. The van der Waals surface area contributed by atoms with Gasteiger partial charge in [0.25, 0.3) is 0 Å². The highest BCUT2D eigenvalue weighted by atomic mass is 16.1. The summed E-state index contributed by atoms with van der Waals surface area (Å²) < 4.78 is 0. The van der Waals surface area contributed by atoms with Crippen molar-refractivity contribution >= 4 is 28.9 Å². The molecule has 0 bridgehead atoms. The standard InChI is InChI=1S/C19H17N5O/c25-19(9-8-14-11-13-5-1-2-6-15(13)21-14)22-18-12-17(23-24-18)16-7-3-4-10-20-16/h1-7,10H,8-9,11-12H2,(H,22,24,25). The van der Waals surface area contributed by atoms with E-state index >= 15 is 0 Å². The van der Waals surface area contributed by atoms with Gasteiger partial charge in [-0.2, -0.15) is 5.10 Å². The quantitative estimate of drug-likeness (QED) is 0.935. The largest absolute Gasteiger partial charge is 0.312 e. The van der Waals surface area contributed by atoms with Crippen LogP contribution in [-0.2, 0) is 11.2 Å². The van der Waals surface area contributed by atoms with Gasteiger partial charge in [-0.05, 0) is 30.2 Å². The van der Waals surface area contributed by atoms with Crippen LogP contribution in [0.2, 0.25) is 0 Å². The topological polar surface area (TPSA) is 79.1 Å². The number of hydrogen-bond donors (Lipinski definition) is 1. The number of aliphatic imine (C=N–C) groups is 1. The maximum atomic E-state index is 12.2. The van der Waals surface area contributed by atoms with E-state index in [-0.39, 0.29) is 5.91 Å². The zero-order chi connectivity index (χ0) is 17.1. The van der Waals surface area contributed by atoms with E-state index in [1.165, 1.54) is 5.56 Å². The average molecular weight is 331 g/mol. The number of carbonyl (C=O) groups is 1. The second-order valence-corrected chi connectivity index (χ2v) is 6.02. The van der Waals surface area contributed by atoms with E-state index in [2.05, 4.69) is 31.6 Å². The molecule has 2 aromatic rings. The highest BCUT2D eigenvalue weighted by Gasteiger charge is 2.18. The molecule has 2 aliphatic heterocycles. The van der Waals surface area contributed by atoms with Crippen molar-refractivity contribution in [1.29, 1.82) is 0 Å². The molecule has 0 saturated carbocycles. The molecule has 6 heteroatoms. The molecule has 4 rings (SSSR count). The van der Waals surface area contributed by atoms with Gasteiger partial charge in [0.15, 0.2) is 0 Å². The van der Waals surface area contributed by atoms with Crippen molar-refractivity contribution in [2.24, 2.45) is 15.2 Å². The minimum atomic E-state index is -0.0603. The van der Waals surface area contributed by atoms with Crippen LogP contribution in [0.5, 0.6) is 0 Å². The molecule has 3 heterocycles. The summed E-state index contributed by atoms with van der Waals surface area (Å²) in [5.74, 6) is 0.511. The number of para-hydroxylation sites is 1. The molecule has 0 radical (unpaired) electrons. The van der Waals surface area contributed by atoms with Crippen molar-refractivity contribution in [1.82, 2.24) is 10.3 Å². The average Bonchev–Trinajstić information content (AvgIpc) is 3.27. The van der Waals surface area contributed by atoms with Gasteiger partial charge in [-0.1, -0.05) is 24.3 Å². The van der Waals surface area contributed by atoms with Crippen LogP contribution in [0, 0.1) is 0 Å². The molecule has 25 heavy (non-hydrogen) atoms. The van der Waals surface area contributed by atoms with Crippen LogP contribution in [0.25, 0.3) is 0 Å². The SMILES string of the molecule is O=C(CCC1=Nc2ccccc2C1)NC1=NN=C(c2ccccn2)C1. The minimum absolute atomic E-state index is 0.0603. The molecule has 0 unspecified atom stereocenters. The van der Waals surface area contributed by atoms with Gasteiger partial charge >= 0.3 is 0 Å². The molecular weight excluding hydrogens is 314 g/mol. The molecule has 0 saturated heterocycles. The number of pyridine rings is 1. The Morgan fingerprint density at radius 1 is 1.04 bits per heavy atom. The summed E-state index contributed by atoms with van der Waals surface area (Å²) in [5, 5.41) is 11.0. The number of nitrogens with one attached hydrogen (secondary N) is 1. The predicted octanol–water partition coefficient (Wildman–Crippen LogP) is 2.81. The Balaban J connectivity index is 1.26. The molecule has 6 nitrogen and oxygen atoms in total. The fourth-order valence-electron chi connectivity index (χ4n) is 2.92. The Labute approximate surface area is 145 Å². The lowest BCUT2D eigenvalue weighted by Gasteiger charge is -2.04. The number of hydrogen-bond acceptors (Lipinski definition) is 5. The molecule has 2 aliphatic rings. The van der Waals surface area contributed by atoms with Gasteiger partial charge < -0.3 is 5.32 Å². The number of aromatic nitrogens is 1. The second kappa shape index (κ2) is 6.76. The first-order chi connectivity index (χ1) is 12.3. The van der Waals surface area contributed by atoms with Crippen LogP contribution in [-0.4, -0.2) is 28.2 Å². The van der Waals surface area contributed by atoms with Crippen molar-refractivity contribution in [3.8, 4) is 0 Å². The summed E-state index contributed by atoms with van der Waals surface area (Å²) >= 11 is 0. The van der Waals surface area contributed by atoms with Gasteiger partial charge in [0.1, 0.15) is 5.84 Å². The first-order valence-electron chi connectivity index (χ1n) is 8.27. The number of rotatable bonds is 4. The van der Waals surface area contributed by atoms with Crippen molar-refractivity contribution in [2.75, 3.05) is 0 Å². The Kier molecular flexibility index (Phi) is 4.16. The number of benzene rings is 1. The van der Waals surface area contributed by atoms with Crippen LogP contribution in [0.15, 0.2) is 63.9 Å². The van der Waals surface area contributed by atoms with Crippen molar-refractivity contribution < 1.29 is 4.79 Å². The molecule has 0 fully saturated rings. The van der Waals surface area contributed by atoms with Gasteiger partial charge in [0.05, 0.1) is 23.5 Å². The first kappa shape index (κ1) is 15.4. The van der Waals surface area contributed by atoms with Crippen LogP contribution >= 0.6 is 0 Å². The van der Waals surface area contributed by atoms with E-state index in [9.17, 15) is 4.79 Å². The summed E-state index contributed by atoms with van der Waals surface area (Å²) in [6.07, 6.45) is 4.09. The lowest BCUT2D eigenvalue weighted by molar-refractivity contribution is -0.119. The van der Waals surface area contributed by atoms with Crippen LogP contribution in [0.1, 0.15) is 30.5 Å². The summed E-state index contributed by atoms with van der Waals surface area (Å²) in [7, 11) is 0. The molecular formula is C19H17N5O. The Hall–Kier alpha value is -3.15. The number of amidine groups is 1. The zero-order valence-electron chi connectivity index (χ0n) is 13.6. The maximum Gasteiger partial charge on any atom is 0.225 e. The zero-order valence-corrected chi connectivity index (χ0v) is 13.6. The lowest BCUT2D eigenvalue weighted by Crippen LogP contribution is -2.30. The van der Waals surface area contributed by atoms with Crippen molar-refractivity contribution in [3.05, 3.63) is 59.9 Å². The molecule has 0 atom stereocenters. The lowest BCUT2D eigenvalue weighted by atomic mass is 10.1. The van der Waals surface area contributed by atoms with Gasteiger partial charge in [-0.15, -0.1) is 5.10 Å². The van der Waals surface area contributed by atoms with E-state index in [1.807, 2.05) is 36.4 Å². The maximum absolute atomic E-state index is 12.2. The highest BCUT2D eigenvalue weighted by molar-refractivity contribution is 6.16. The summed E-state index contributed by atoms with van der Waals surface area (Å²) in [5.41, 5.74) is 4.85. The summed E-state index contributed by atoms with van der Waals surface area (Å²) in [4.78, 5) is 21.0. The molecule has 1 amide bonds. The fraction of sp³-hybridized carbons (Fsp3) is 0.211.